The Morgan fingerprint density at radius 2 is 2.14 bits per heavy atom. The summed E-state index contributed by atoms with van der Waals surface area (Å²) in [6.45, 7) is 1.67. The van der Waals surface area contributed by atoms with Gasteiger partial charge in [-0.2, -0.15) is 0 Å². The Labute approximate surface area is 91.5 Å². The number of hydrogen-bond acceptors (Lipinski definition) is 4. The topological polar surface area (TPSA) is 66.2 Å². The van der Waals surface area contributed by atoms with Gasteiger partial charge in [0.2, 0.25) is 5.28 Å². The van der Waals surface area contributed by atoms with Crippen molar-refractivity contribution in [2.45, 2.75) is 19.1 Å². The molecule has 2 N–H and O–H groups in total. The minimum Gasteiger partial charge on any atom is -0.389 e. The quantitative estimate of drug-likeness (QED) is 0.609. The third kappa shape index (κ3) is 2.54. The summed E-state index contributed by atoms with van der Waals surface area (Å²) in [5.74, 6) is -0.0523. The first-order valence-electron chi connectivity index (χ1n) is 3.97. The molecule has 0 saturated carbocycles. The fraction of sp³-hybridized carbons (Fsp3) is 0.500. The average molecular weight is 237 g/mol. The van der Waals surface area contributed by atoms with Gasteiger partial charge in [0.1, 0.15) is 6.10 Å². The summed E-state index contributed by atoms with van der Waals surface area (Å²) in [4.78, 5) is 7.57. The average Bonchev–Trinajstić information content (AvgIpc) is 2.15. The summed E-state index contributed by atoms with van der Waals surface area (Å²) in [7, 11) is 0. The second kappa shape index (κ2) is 4.89. The number of alkyl halides is 1. The van der Waals surface area contributed by atoms with Gasteiger partial charge in [-0.1, -0.05) is 0 Å². The zero-order valence-electron chi connectivity index (χ0n) is 7.48. The predicted octanol–water partition coefficient (Wildman–Crippen LogP) is 1.07. The van der Waals surface area contributed by atoms with Gasteiger partial charge in [0.05, 0.1) is 12.0 Å². The highest BCUT2D eigenvalue weighted by molar-refractivity contribution is 6.28. The molecule has 4 nitrogen and oxygen atoms in total. The van der Waals surface area contributed by atoms with Crippen LogP contribution in [0.25, 0.3) is 0 Å². The Balaban J connectivity index is 2.95. The van der Waals surface area contributed by atoms with Crippen molar-refractivity contribution in [3.63, 3.8) is 0 Å². The van der Waals surface area contributed by atoms with Crippen molar-refractivity contribution in [3.05, 3.63) is 22.7 Å². The molecule has 1 aromatic rings. The molecule has 0 saturated heterocycles. The lowest BCUT2D eigenvalue weighted by atomic mass is 10.1. The molecule has 2 atom stereocenters. The van der Waals surface area contributed by atoms with Crippen LogP contribution >= 0.6 is 23.2 Å². The number of aromatic nitrogens is 2. The molecule has 14 heavy (non-hydrogen) atoms. The Morgan fingerprint density at radius 1 is 1.50 bits per heavy atom. The van der Waals surface area contributed by atoms with E-state index in [1.165, 1.54) is 6.20 Å². The van der Waals surface area contributed by atoms with Crippen molar-refractivity contribution < 1.29 is 10.2 Å². The number of aryl methyl sites for hydroxylation is 1. The maximum atomic E-state index is 9.60. The fourth-order valence-electron chi connectivity index (χ4n) is 1.03. The summed E-state index contributed by atoms with van der Waals surface area (Å²) >= 11 is 10.9. The van der Waals surface area contributed by atoms with Crippen LogP contribution in [-0.4, -0.2) is 32.2 Å². The van der Waals surface area contributed by atoms with Gasteiger partial charge in [-0.25, -0.2) is 9.97 Å². The summed E-state index contributed by atoms with van der Waals surface area (Å²) in [5.41, 5.74) is 0.962. The summed E-state index contributed by atoms with van der Waals surface area (Å²) in [5, 5.41) is 19.0. The van der Waals surface area contributed by atoms with E-state index in [-0.39, 0.29) is 11.2 Å². The van der Waals surface area contributed by atoms with Crippen LogP contribution in [0.5, 0.6) is 0 Å². The van der Waals surface area contributed by atoms with Gasteiger partial charge < -0.3 is 10.2 Å². The number of halogens is 2. The fourth-order valence-corrected chi connectivity index (χ4v) is 1.37. The molecule has 0 bridgehead atoms. The van der Waals surface area contributed by atoms with Crippen LogP contribution in [0.1, 0.15) is 17.4 Å². The molecule has 1 aromatic heterocycles. The van der Waals surface area contributed by atoms with E-state index in [1.54, 1.807) is 6.92 Å². The van der Waals surface area contributed by atoms with Gasteiger partial charge in [-0.05, 0) is 18.5 Å². The third-order valence-electron chi connectivity index (χ3n) is 1.83. The lowest BCUT2D eigenvalue weighted by Crippen LogP contribution is -2.21. The highest BCUT2D eigenvalue weighted by Crippen LogP contribution is 2.20. The Morgan fingerprint density at radius 3 is 2.64 bits per heavy atom. The smallest absolute Gasteiger partial charge is 0.222 e. The number of rotatable bonds is 3. The maximum Gasteiger partial charge on any atom is 0.222 e. The molecule has 78 valence electrons. The first-order valence-corrected chi connectivity index (χ1v) is 4.88. The van der Waals surface area contributed by atoms with E-state index in [2.05, 4.69) is 9.97 Å². The van der Waals surface area contributed by atoms with Crippen LogP contribution in [-0.2, 0) is 0 Å². The Hall–Kier alpha value is -0.420. The molecule has 0 aliphatic heterocycles. The monoisotopic (exact) mass is 236 g/mol. The van der Waals surface area contributed by atoms with Crippen molar-refractivity contribution >= 4 is 23.2 Å². The van der Waals surface area contributed by atoms with E-state index in [9.17, 15) is 10.2 Å². The summed E-state index contributed by atoms with van der Waals surface area (Å²) in [6, 6.07) is 0. The van der Waals surface area contributed by atoms with Crippen molar-refractivity contribution in [3.8, 4) is 0 Å². The first-order chi connectivity index (χ1) is 6.56. The zero-order chi connectivity index (χ0) is 10.7. The summed E-state index contributed by atoms with van der Waals surface area (Å²) in [6.07, 6.45) is -0.727. The minimum atomic E-state index is -1.08. The molecular formula is C8H10Cl2N2O2. The van der Waals surface area contributed by atoms with Crippen molar-refractivity contribution in [2.75, 3.05) is 5.88 Å². The lowest BCUT2D eigenvalue weighted by molar-refractivity contribution is 0.0318. The SMILES string of the molecule is Cc1nc(Cl)ncc1C(O)C(O)CCl. The molecule has 0 aliphatic rings. The van der Waals surface area contributed by atoms with Gasteiger partial charge in [0.15, 0.2) is 0 Å². The molecule has 0 aromatic carbocycles. The number of nitrogens with zero attached hydrogens (tertiary/aromatic N) is 2. The Kier molecular flexibility index (Phi) is 4.07. The highest BCUT2D eigenvalue weighted by Gasteiger charge is 2.20. The number of aliphatic hydroxyl groups excluding tert-OH is 2. The Bertz CT molecular complexity index is 322. The molecule has 1 heterocycles. The van der Waals surface area contributed by atoms with E-state index < -0.39 is 12.2 Å². The largest absolute Gasteiger partial charge is 0.389 e. The number of hydrogen-bond donors (Lipinski definition) is 2. The van der Waals surface area contributed by atoms with E-state index >= 15 is 0 Å². The molecule has 0 spiro atoms. The van der Waals surface area contributed by atoms with Gasteiger partial charge in [-0.15, -0.1) is 11.6 Å². The van der Waals surface area contributed by atoms with Gasteiger partial charge in [0.25, 0.3) is 0 Å². The predicted molar refractivity (Wildman–Crippen MR) is 53.5 cm³/mol. The molecule has 2 unspecified atom stereocenters. The minimum absolute atomic E-state index is 0.0523. The summed E-state index contributed by atoms with van der Waals surface area (Å²) < 4.78 is 0. The lowest BCUT2D eigenvalue weighted by Gasteiger charge is -2.16. The molecule has 0 amide bonds. The van der Waals surface area contributed by atoms with Crippen LogP contribution < -0.4 is 0 Å². The van der Waals surface area contributed by atoms with Crippen LogP contribution in [0.2, 0.25) is 5.28 Å². The molecule has 0 radical (unpaired) electrons. The molecule has 6 heteroatoms. The zero-order valence-corrected chi connectivity index (χ0v) is 9.00. The van der Waals surface area contributed by atoms with E-state index in [0.717, 1.165) is 0 Å². The normalized spacial score (nSPS) is 15.2. The molecular weight excluding hydrogens is 227 g/mol. The second-order valence-corrected chi connectivity index (χ2v) is 3.49. The van der Waals surface area contributed by atoms with Gasteiger partial charge >= 0.3 is 0 Å². The van der Waals surface area contributed by atoms with Crippen LogP contribution in [0.4, 0.5) is 0 Å². The van der Waals surface area contributed by atoms with Crippen molar-refractivity contribution in [2.24, 2.45) is 0 Å². The molecule has 1 rings (SSSR count). The van der Waals surface area contributed by atoms with Crippen LogP contribution in [0.15, 0.2) is 6.20 Å². The second-order valence-electron chi connectivity index (χ2n) is 2.85. The first kappa shape index (κ1) is 11.7. The van der Waals surface area contributed by atoms with Crippen molar-refractivity contribution in [1.29, 1.82) is 0 Å². The highest BCUT2D eigenvalue weighted by atomic mass is 35.5. The molecule has 0 fully saturated rings. The van der Waals surface area contributed by atoms with Crippen LogP contribution in [0.3, 0.4) is 0 Å². The van der Waals surface area contributed by atoms with E-state index in [4.69, 9.17) is 23.2 Å². The number of aliphatic hydroxyl groups is 2. The molecule has 0 aliphatic carbocycles. The maximum absolute atomic E-state index is 9.60. The van der Waals surface area contributed by atoms with E-state index in [1.807, 2.05) is 0 Å². The van der Waals surface area contributed by atoms with Crippen LogP contribution in [0, 0.1) is 6.92 Å². The van der Waals surface area contributed by atoms with Gasteiger partial charge in [-0.3, -0.25) is 0 Å². The third-order valence-corrected chi connectivity index (χ3v) is 2.33. The standard InChI is InChI=1S/C8H10Cl2N2O2/c1-4-5(3-11-8(10)12-4)7(14)6(13)2-9/h3,6-7,13-14H,2H2,1H3. The van der Waals surface area contributed by atoms with Gasteiger partial charge in [0, 0.05) is 17.5 Å². The van der Waals surface area contributed by atoms with Crippen molar-refractivity contribution in [1.82, 2.24) is 9.97 Å². The van der Waals surface area contributed by atoms with E-state index in [0.29, 0.717) is 11.3 Å².